The number of nitrogens with zero attached hydrogens (tertiary/aromatic N) is 2. The predicted octanol–water partition coefficient (Wildman–Crippen LogP) is 3.77. The molecular formula is C19H27BrN2O3. The molecule has 6 heteroatoms. The molecule has 0 unspecified atom stereocenters. The molecule has 0 N–H and O–H groups in total. The van der Waals surface area contributed by atoms with Crippen LogP contribution in [-0.4, -0.2) is 48.5 Å². The van der Waals surface area contributed by atoms with Crippen LogP contribution in [0.2, 0.25) is 0 Å². The molecule has 0 aromatic heterocycles. The van der Waals surface area contributed by atoms with Crippen molar-refractivity contribution >= 4 is 33.6 Å². The van der Waals surface area contributed by atoms with Crippen molar-refractivity contribution in [3.63, 3.8) is 0 Å². The summed E-state index contributed by atoms with van der Waals surface area (Å²) in [5, 5.41) is 0.554. The van der Waals surface area contributed by atoms with E-state index in [9.17, 15) is 9.59 Å². The number of fused-ring (bicyclic) bond motifs is 1. The fourth-order valence-corrected chi connectivity index (χ4v) is 3.43. The molecule has 0 spiro atoms. The number of anilines is 1. The minimum absolute atomic E-state index is 0.207. The zero-order chi connectivity index (χ0) is 18.2. The van der Waals surface area contributed by atoms with Crippen molar-refractivity contribution in [2.75, 3.05) is 36.5 Å². The van der Waals surface area contributed by atoms with Crippen molar-refractivity contribution in [3.05, 3.63) is 29.3 Å². The summed E-state index contributed by atoms with van der Waals surface area (Å²) in [7, 11) is 0. The van der Waals surface area contributed by atoms with E-state index in [-0.39, 0.29) is 18.9 Å². The SMILES string of the molecule is CCCN(CCC)CCc1cccc2c1CC(=O)N2C(=O)OCCBr. The van der Waals surface area contributed by atoms with Crippen LogP contribution in [0.15, 0.2) is 18.2 Å². The first-order valence-corrected chi connectivity index (χ1v) is 10.1. The Bertz CT molecular complexity index is 600. The maximum absolute atomic E-state index is 12.3. The number of imide groups is 1. The lowest BCUT2D eigenvalue weighted by atomic mass is 10.0. The van der Waals surface area contributed by atoms with Crippen molar-refractivity contribution in [1.82, 2.24) is 4.90 Å². The Morgan fingerprint density at radius 3 is 2.60 bits per heavy atom. The summed E-state index contributed by atoms with van der Waals surface area (Å²) in [5.74, 6) is -0.207. The lowest BCUT2D eigenvalue weighted by Gasteiger charge is -2.21. The van der Waals surface area contributed by atoms with E-state index >= 15 is 0 Å². The maximum Gasteiger partial charge on any atom is 0.421 e. The highest BCUT2D eigenvalue weighted by atomic mass is 79.9. The number of carbonyl (C=O) groups is 2. The van der Waals surface area contributed by atoms with Gasteiger partial charge in [-0.3, -0.25) is 4.79 Å². The van der Waals surface area contributed by atoms with E-state index in [4.69, 9.17) is 4.74 Å². The predicted molar refractivity (Wildman–Crippen MR) is 104 cm³/mol. The number of hydrogen-bond donors (Lipinski definition) is 0. The summed E-state index contributed by atoms with van der Waals surface area (Å²) in [6, 6.07) is 5.81. The highest BCUT2D eigenvalue weighted by Crippen LogP contribution is 2.32. The van der Waals surface area contributed by atoms with E-state index in [2.05, 4.69) is 40.7 Å². The topological polar surface area (TPSA) is 49.9 Å². The second-order valence-electron chi connectivity index (χ2n) is 6.22. The first-order chi connectivity index (χ1) is 12.1. The van der Waals surface area contributed by atoms with E-state index in [1.54, 1.807) is 0 Å². The Labute approximate surface area is 158 Å². The van der Waals surface area contributed by atoms with Crippen LogP contribution in [0.4, 0.5) is 10.5 Å². The van der Waals surface area contributed by atoms with Crippen LogP contribution in [0.3, 0.4) is 0 Å². The van der Waals surface area contributed by atoms with Crippen LogP contribution in [0.5, 0.6) is 0 Å². The van der Waals surface area contributed by atoms with Gasteiger partial charge in [-0.1, -0.05) is 41.9 Å². The van der Waals surface area contributed by atoms with Gasteiger partial charge in [-0.05, 0) is 49.5 Å². The van der Waals surface area contributed by atoms with E-state index < -0.39 is 6.09 Å². The Hall–Kier alpha value is -1.40. The molecule has 0 bridgehead atoms. The molecule has 1 aliphatic rings. The van der Waals surface area contributed by atoms with Gasteiger partial charge < -0.3 is 9.64 Å². The number of amides is 2. The number of benzene rings is 1. The van der Waals surface area contributed by atoms with Crippen LogP contribution >= 0.6 is 15.9 Å². The molecule has 138 valence electrons. The molecule has 0 fully saturated rings. The third-order valence-electron chi connectivity index (χ3n) is 4.33. The van der Waals surface area contributed by atoms with Crippen molar-refractivity contribution in [1.29, 1.82) is 0 Å². The zero-order valence-corrected chi connectivity index (χ0v) is 16.7. The summed E-state index contributed by atoms with van der Waals surface area (Å²) in [5.41, 5.74) is 2.80. The van der Waals surface area contributed by atoms with Gasteiger partial charge in [0, 0.05) is 11.9 Å². The molecule has 0 saturated heterocycles. The highest BCUT2D eigenvalue weighted by molar-refractivity contribution is 9.09. The Morgan fingerprint density at radius 1 is 1.24 bits per heavy atom. The fraction of sp³-hybridized carbons (Fsp3) is 0.579. The van der Waals surface area contributed by atoms with Gasteiger partial charge in [-0.25, -0.2) is 9.69 Å². The number of ether oxygens (including phenoxy) is 1. The quantitative estimate of drug-likeness (QED) is 0.581. The van der Waals surface area contributed by atoms with Gasteiger partial charge in [0.1, 0.15) is 6.61 Å². The average molecular weight is 411 g/mol. The molecule has 2 rings (SSSR count). The van der Waals surface area contributed by atoms with E-state index in [0.717, 1.165) is 50.0 Å². The van der Waals surface area contributed by atoms with Crippen molar-refractivity contribution in [2.45, 2.75) is 39.5 Å². The van der Waals surface area contributed by atoms with Crippen LogP contribution in [0.1, 0.15) is 37.8 Å². The summed E-state index contributed by atoms with van der Waals surface area (Å²) < 4.78 is 5.12. The van der Waals surface area contributed by atoms with Crippen LogP contribution in [-0.2, 0) is 22.4 Å². The molecule has 0 radical (unpaired) electrons. The van der Waals surface area contributed by atoms with Gasteiger partial charge >= 0.3 is 6.09 Å². The standard InChI is InChI=1S/C19H27BrN2O3/c1-3-10-21(11-4-2)12-8-15-6-5-7-17-16(15)14-18(23)22(17)19(24)25-13-9-20/h5-7H,3-4,8-14H2,1-2H3. The van der Waals surface area contributed by atoms with Gasteiger partial charge in [0.05, 0.1) is 12.1 Å². The molecular weight excluding hydrogens is 384 g/mol. The summed E-state index contributed by atoms with van der Waals surface area (Å²) in [6.45, 7) is 7.79. The number of halogens is 1. The van der Waals surface area contributed by atoms with Crippen molar-refractivity contribution in [2.24, 2.45) is 0 Å². The normalized spacial score (nSPS) is 13.4. The van der Waals surface area contributed by atoms with Crippen molar-refractivity contribution < 1.29 is 14.3 Å². The van der Waals surface area contributed by atoms with Gasteiger partial charge in [0.25, 0.3) is 0 Å². The summed E-state index contributed by atoms with van der Waals surface area (Å²) >= 11 is 3.22. The van der Waals surface area contributed by atoms with E-state index in [1.165, 1.54) is 4.90 Å². The minimum atomic E-state index is -0.584. The first-order valence-electron chi connectivity index (χ1n) is 9.01. The van der Waals surface area contributed by atoms with Crippen LogP contribution in [0, 0.1) is 0 Å². The van der Waals surface area contributed by atoms with Crippen LogP contribution < -0.4 is 4.90 Å². The molecule has 0 aliphatic carbocycles. The molecule has 25 heavy (non-hydrogen) atoms. The second-order valence-corrected chi connectivity index (χ2v) is 7.01. The molecule has 1 aliphatic heterocycles. The lowest BCUT2D eigenvalue weighted by molar-refractivity contribution is -0.117. The van der Waals surface area contributed by atoms with Crippen LogP contribution in [0.25, 0.3) is 0 Å². The molecule has 2 amide bonds. The van der Waals surface area contributed by atoms with E-state index in [0.29, 0.717) is 11.0 Å². The first kappa shape index (κ1) is 19.9. The Morgan fingerprint density at radius 2 is 1.96 bits per heavy atom. The summed E-state index contributed by atoms with van der Waals surface area (Å²) in [6.07, 6.45) is 2.85. The lowest BCUT2D eigenvalue weighted by Crippen LogP contribution is -2.34. The fourth-order valence-electron chi connectivity index (χ4n) is 3.27. The largest absolute Gasteiger partial charge is 0.448 e. The maximum atomic E-state index is 12.3. The van der Waals surface area contributed by atoms with E-state index in [1.807, 2.05) is 12.1 Å². The number of alkyl halides is 1. The average Bonchev–Trinajstić information content (AvgIpc) is 2.94. The molecule has 1 aromatic carbocycles. The van der Waals surface area contributed by atoms with Gasteiger partial charge in [0.15, 0.2) is 0 Å². The molecule has 0 atom stereocenters. The number of carbonyl (C=O) groups excluding carboxylic acids is 2. The smallest absolute Gasteiger partial charge is 0.421 e. The molecule has 5 nitrogen and oxygen atoms in total. The number of rotatable bonds is 9. The van der Waals surface area contributed by atoms with Crippen molar-refractivity contribution in [3.8, 4) is 0 Å². The minimum Gasteiger partial charge on any atom is -0.448 e. The Balaban J connectivity index is 2.12. The molecule has 1 aromatic rings. The number of hydrogen-bond acceptors (Lipinski definition) is 4. The third-order valence-corrected chi connectivity index (χ3v) is 4.65. The third kappa shape index (κ3) is 5.05. The van der Waals surface area contributed by atoms with Gasteiger partial charge in [-0.15, -0.1) is 0 Å². The monoisotopic (exact) mass is 410 g/mol. The van der Waals surface area contributed by atoms with Gasteiger partial charge in [0.2, 0.25) is 5.91 Å². The zero-order valence-electron chi connectivity index (χ0n) is 15.1. The molecule has 0 saturated carbocycles. The second kappa shape index (κ2) is 9.92. The van der Waals surface area contributed by atoms with Gasteiger partial charge in [-0.2, -0.15) is 0 Å². The highest BCUT2D eigenvalue weighted by Gasteiger charge is 2.34. The Kier molecular flexibility index (Phi) is 7.90. The molecule has 1 heterocycles. The summed E-state index contributed by atoms with van der Waals surface area (Å²) in [4.78, 5) is 28.1.